The van der Waals surface area contributed by atoms with Crippen molar-refractivity contribution in [3.63, 3.8) is 0 Å². The third kappa shape index (κ3) is 4.05. The van der Waals surface area contributed by atoms with Gasteiger partial charge in [-0.1, -0.05) is 17.3 Å². The van der Waals surface area contributed by atoms with Crippen molar-refractivity contribution >= 4 is 18.3 Å². The van der Waals surface area contributed by atoms with Crippen LogP contribution in [0.2, 0.25) is 0 Å². The second kappa shape index (κ2) is 8.50. The molecule has 146 valence electrons. The Morgan fingerprint density at radius 2 is 1.82 bits per heavy atom. The van der Waals surface area contributed by atoms with E-state index in [0.29, 0.717) is 29.4 Å². The first-order valence-corrected chi connectivity index (χ1v) is 8.83. The molecule has 0 saturated carbocycles. The van der Waals surface area contributed by atoms with Crippen LogP contribution in [0.4, 0.5) is 4.39 Å². The molecular weight excluding hydrogens is 383 g/mol. The summed E-state index contributed by atoms with van der Waals surface area (Å²) in [4.78, 5) is 18.9. The Hall–Kier alpha value is -2.77. The van der Waals surface area contributed by atoms with Crippen LogP contribution in [0.3, 0.4) is 0 Å². The minimum absolute atomic E-state index is 0. The van der Waals surface area contributed by atoms with Crippen LogP contribution >= 0.6 is 12.4 Å². The van der Waals surface area contributed by atoms with Gasteiger partial charge >= 0.3 is 0 Å². The number of piperazine rings is 1. The van der Waals surface area contributed by atoms with E-state index in [2.05, 4.69) is 15.5 Å². The zero-order valence-electron chi connectivity index (χ0n) is 15.3. The number of hydrogen-bond donors (Lipinski definition) is 1. The number of carbonyl (C=O) groups excluding carboxylic acids is 1. The smallest absolute Gasteiger partial charge is 0.258 e. The fourth-order valence-corrected chi connectivity index (χ4v) is 3.12. The quantitative estimate of drug-likeness (QED) is 0.727. The normalized spacial score (nSPS) is 16.5. The molecule has 2 aromatic carbocycles. The molecule has 4 rings (SSSR count). The van der Waals surface area contributed by atoms with E-state index in [1.165, 1.54) is 12.1 Å². The molecule has 0 unspecified atom stereocenters. The Morgan fingerprint density at radius 1 is 1.14 bits per heavy atom. The van der Waals surface area contributed by atoms with Gasteiger partial charge < -0.3 is 14.7 Å². The van der Waals surface area contributed by atoms with E-state index >= 15 is 0 Å². The van der Waals surface area contributed by atoms with Crippen LogP contribution in [0.15, 0.2) is 53.1 Å². The Balaban J connectivity index is 0.00000225. The highest BCUT2D eigenvalue weighted by Gasteiger charge is 2.24. The fourth-order valence-electron chi connectivity index (χ4n) is 3.12. The molecule has 1 aliphatic rings. The molecule has 1 atom stereocenters. The van der Waals surface area contributed by atoms with Crippen LogP contribution in [-0.4, -0.2) is 46.6 Å². The van der Waals surface area contributed by atoms with E-state index in [1.54, 1.807) is 36.4 Å². The minimum Gasteiger partial charge on any atom is -0.334 e. The summed E-state index contributed by atoms with van der Waals surface area (Å²) in [5.74, 6) is 0.442. The van der Waals surface area contributed by atoms with Crippen LogP contribution in [0.5, 0.6) is 0 Å². The molecule has 0 aliphatic carbocycles. The molecule has 1 aliphatic heterocycles. The summed E-state index contributed by atoms with van der Waals surface area (Å²) in [6, 6.07) is 13.2. The van der Waals surface area contributed by atoms with Crippen LogP contribution < -0.4 is 5.32 Å². The molecular formula is C20H20ClFN4O2. The summed E-state index contributed by atoms with van der Waals surface area (Å²) in [5, 5.41) is 7.26. The van der Waals surface area contributed by atoms with Crippen LogP contribution in [-0.2, 0) is 0 Å². The van der Waals surface area contributed by atoms with Crippen molar-refractivity contribution in [2.75, 3.05) is 19.6 Å². The van der Waals surface area contributed by atoms with Crippen molar-refractivity contribution in [1.82, 2.24) is 20.4 Å². The Labute approximate surface area is 168 Å². The first kappa shape index (κ1) is 20.0. The number of rotatable bonds is 3. The van der Waals surface area contributed by atoms with Gasteiger partial charge in [-0.15, -0.1) is 12.4 Å². The van der Waals surface area contributed by atoms with Gasteiger partial charge in [-0.25, -0.2) is 4.39 Å². The van der Waals surface area contributed by atoms with Crippen molar-refractivity contribution in [3.8, 4) is 22.8 Å². The molecule has 1 saturated heterocycles. The lowest BCUT2D eigenvalue weighted by atomic mass is 10.1. The van der Waals surface area contributed by atoms with E-state index in [9.17, 15) is 9.18 Å². The summed E-state index contributed by atoms with van der Waals surface area (Å²) in [6.45, 7) is 4.35. The van der Waals surface area contributed by atoms with Crippen LogP contribution in [0, 0.1) is 5.82 Å². The maximum absolute atomic E-state index is 13.0. The van der Waals surface area contributed by atoms with E-state index in [1.807, 2.05) is 11.8 Å². The van der Waals surface area contributed by atoms with Gasteiger partial charge in [0.05, 0.1) is 0 Å². The van der Waals surface area contributed by atoms with Crippen molar-refractivity contribution in [1.29, 1.82) is 0 Å². The first-order chi connectivity index (χ1) is 13.1. The molecule has 28 heavy (non-hydrogen) atoms. The predicted octanol–water partition coefficient (Wildman–Crippen LogP) is 3.40. The highest BCUT2D eigenvalue weighted by Crippen LogP contribution is 2.23. The number of benzene rings is 2. The fraction of sp³-hybridized carbons (Fsp3) is 0.250. The standard InChI is InChI=1S/C20H19FN4O2.ClH/c1-13-12-22-10-11-25(13)20(26)16-4-2-14(3-5-16)18-23-19(27-24-18)15-6-8-17(21)9-7-15;/h2-9,13,22H,10-12H2,1H3;1H/t13-;/m0./s1. The SMILES string of the molecule is C[C@H]1CNCCN1C(=O)c1ccc(-c2noc(-c3ccc(F)cc3)n2)cc1.Cl. The lowest BCUT2D eigenvalue weighted by molar-refractivity contribution is 0.0656. The minimum atomic E-state index is -0.322. The third-order valence-corrected chi connectivity index (χ3v) is 4.67. The number of hydrogen-bond acceptors (Lipinski definition) is 5. The van der Waals surface area contributed by atoms with E-state index in [-0.39, 0.29) is 30.2 Å². The molecule has 2 heterocycles. The lowest BCUT2D eigenvalue weighted by Crippen LogP contribution is -2.52. The topological polar surface area (TPSA) is 71.3 Å². The Morgan fingerprint density at radius 3 is 2.50 bits per heavy atom. The second-order valence-corrected chi connectivity index (χ2v) is 6.56. The van der Waals surface area contributed by atoms with Gasteiger partial charge in [-0.2, -0.15) is 4.98 Å². The molecule has 0 bridgehead atoms. The number of nitrogens with one attached hydrogen (secondary N) is 1. The molecule has 3 aromatic rings. The monoisotopic (exact) mass is 402 g/mol. The maximum Gasteiger partial charge on any atom is 0.258 e. The molecule has 1 N–H and O–H groups in total. The second-order valence-electron chi connectivity index (χ2n) is 6.56. The van der Waals surface area contributed by atoms with Gasteiger partial charge in [0.2, 0.25) is 5.82 Å². The molecule has 0 radical (unpaired) electrons. The Kier molecular flexibility index (Phi) is 6.06. The van der Waals surface area contributed by atoms with Crippen molar-refractivity contribution in [2.24, 2.45) is 0 Å². The molecule has 8 heteroatoms. The van der Waals surface area contributed by atoms with Crippen molar-refractivity contribution in [3.05, 3.63) is 59.9 Å². The predicted molar refractivity (Wildman–Crippen MR) is 106 cm³/mol. The van der Waals surface area contributed by atoms with Gasteiger partial charge in [0.25, 0.3) is 11.8 Å². The number of amides is 1. The highest BCUT2D eigenvalue weighted by atomic mass is 35.5. The average molecular weight is 403 g/mol. The molecule has 1 amide bonds. The highest BCUT2D eigenvalue weighted by molar-refractivity contribution is 5.95. The number of nitrogens with zero attached hydrogens (tertiary/aromatic N) is 3. The largest absolute Gasteiger partial charge is 0.334 e. The maximum atomic E-state index is 13.0. The zero-order valence-corrected chi connectivity index (χ0v) is 16.1. The first-order valence-electron chi connectivity index (χ1n) is 8.83. The number of carbonyl (C=O) groups is 1. The lowest BCUT2D eigenvalue weighted by Gasteiger charge is -2.34. The summed E-state index contributed by atoms with van der Waals surface area (Å²) in [5.41, 5.74) is 2.03. The van der Waals surface area contributed by atoms with Gasteiger partial charge in [-0.05, 0) is 43.3 Å². The molecule has 1 aromatic heterocycles. The van der Waals surface area contributed by atoms with Crippen LogP contribution in [0.25, 0.3) is 22.8 Å². The molecule has 0 spiro atoms. The van der Waals surface area contributed by atoms with Gasteiger partial charge in [0, 0.05) is 42.4 Å². The number of aromatic nitrogens is 2. The third-order valence-electron chi connectivity index (χ3n) is 4.67. The van der Waals surface area contributed by atoms with Gasteiger partial charge in [0.1, 0.15) is 5.82 Å². The van der Waals surface area contributed by atoms with Crippen molar-refractivity contribution < 1.29 is 13.7 Å². The van der Waals surface area contributed by atoms with Crippen LogP contribution in [0.1, 0.15) is 17.3 Å². The molecule has 6 nitrogen and oxygen atoms in total. The number of halogens is 2. The van der Waals surface area contributed by atoms with E-state index in [4.69, 9.17) is 4.52 Å². The van der Waals surface area contributed by atoms with Gasteiger partial charge in [-0.3, -0.25) is 4.79 Å². The summed E-state index contributed by atoms with van der Waals surface area (Å²) in [7, 11) is 0. The van der Waals surface area contributed by atoms with Crippen molar-refractivity contribution in [2.45, 2.75) is 13.0 Å². The summed E-state index contributed by atoms with van der Waals surface area (Å²) >= 11 is 0. The summed E-state index contributed by atoms with van der Waals surface area (Å²) < 4.78 is 18.3. The zero-order chi connectivity index (χ0) is 18.8. The van der Waals surface area contributed by atoms with Gasteiger partial charge in [0.15, 0.2) is 0 Å². The van der Waals surface area contributed by atoms with E-state index < -0.39 is 0 Å². The molecule has 1 fully saturated rings. The Bertz CT molecular complexity index is 944. The van der Waals surface area contributed by atoms with E-state index in [0.717, 1.165) is 18.7 Å². The summed E-state index contributed by atoms with van der Waals surface area (Å²) in [6.07, 6.45) is 0. The average Bonchev–Trinajstić information content (AvgIpc) is 3.19.